The van der Waals surface area contributed by atoms with Gasteiger partial charge in [0.15, 0.2) is 5.96 Å². The summed E-state index contributed by atoms with van der Waals surface area (Å²) in [6.07, 6.45) is 0. The Balaban J connectivity index is 1.94. The molecule has 1 heterocycles. The molecule has 0 saturated carbocycles. The molecule has 1 aromatic heterocycles. The third kappa shape index (κ3) is 4.27. The highest BCUT2D eigenvalue weighted by Crippen LogP contribution is 2.16. The Hall–Kier alpha value is -1.95. The lowest BCUT2D eigenvalue weighted by atomic mass is 10.2. The zero-order valence-corrected chi connectivity index (χ0v) is 14.2. The van der Waals surface area contributed by atoms with E-state index in [2.05, 4.69) is 22.2 Å². The Morgan fingerprint density at radius 2 is 2.00 bits per heavy atom. The summed E-state index contributed by atoms with van der Waals surface area (Å²) >= 11 is 1.70. The van der Waals surface area contributed by atoms with Crippen molar-refractivity contribution in [3.8, 4) is 0 Å². The first-order valence-electron chi connectivity index (χ1n) is 7.08. The Labute approximate surface area is 134 Å². The van der Waals surface area contributed by atoms with E-state index in [1.54, 1.807) is 30.5 Å². The fraction of sp³-hybridized carbons (Fsp3) is 0.375. The van der Waals surface area contributed by atoms with Gasteiger partial charge in [-0.2, -0.15) is 0 Å². The lowest BCUT2D eigenvalue weighted by Gasteiger charge is -2.21. The summed E-state index contributed by atoms with van der Waals surface area (Å²) in [5, 5.41) is 4.35. The average Bonchev–Trinajstić information content (AvgIpc) is 2.81. The first-order chi connectivity index (χ1) is 10.5. The van der Waals surface area contributed by atoms with E-state index in [-0.39, 0.29) is 5.82 Å². The molecule has 1 aromatic carbocycles. The number of aryl methyl sites for hydroxylation is 2. The second-order valence-electron chi connectivity index (χ2n) is 5.13. The summed E-state index contributed by atoms with van der Waals surface area (Å²) in [6.45, 7) is 5.41. The monoisotopic (exact) mass is 320 g/mol. The Kier molecular flexibility index (Phi) is 5.49. The van der Waals surface area contributed by atoms with Gasteiger partial charge in [-0.3, -0.25) is 4.99 Å². The summed E-state index contributed by atoms with van der Waals surface area (Å²) in [7, 11) is 3.71. The Morgan fingerprint density at radius 3 is 2.55 bits per heavy atom. The van der Waals surface area contributed by atoms with E-state index >= 15 is 0 Å². The molecule has 4 nitrogen and oxygen atoms in total. The number of hydrogen-bond donors (Lipinski definition) is 1. The van der Waals surface area contributed by atoms with Gasteiger partial charge < -0.3 is 10.2 Å². The van der Waals surface area contributed by atoms with Crippen molar-refractivity contribution in [1.29, 1.82) is 0 Å². The third-order valence-electron chi connectivity index (χ3n) is 3.38. The molecule has 0 spiro atoms. The molecule has 118 valence electrons. The van der Waals surface area contributed by atoms with Crippen LogP contribution in [0.1, 0.15) is 21.1 Å². The van der Waals surface area contributed by atoms with Gasteiger partial charge in [0.25, 0.3) is 0 Å². The molecule has 2 aromatic rings. The molecule has 0 atom stereocenters. The molecule has 0 radical (unpaired) electrons. The van der Waals surface area contributed by atoms with Gasteiger partial charge in [-0.25, -0.2) is 9.37 Å². The van der Waals surface area contributed by atoms with E-state index in [0.29, 0.717) is 13.1 Å². The standard InChI is InChI=1S/C16H21FN4S/c1-11-12(2)22-15(20-11)9-19-16(18-3)21(4)10-13-5-7-14(17)8-6-13/h5-8H,9-10H2,1-4H3,(H,18,19). The number of halogens is 1. The molecule has 0 aliphatic heterocycles. The molecule has 0 bridgehead atoms. The van der Waals surface area contributed by atoms with Gasteiger partial charge in [0.1, 0.15) is 10.8 Å². The maximum atomic E-state index is 12.9. The Morgan fingerprint density at radius 1 is 1.32 bits per heavy atom. The quantitative estimate of drug-likeness (QED) is 0.695. The van der Waals surface area contributed by atoms with Crippen LogP contribution in [0.2, 0.25) is 0 Å². The van der Waals surface area contributed by atoms with Gasteiger partial charge in [-0.05, 0) is 31.5 Å². The van der Waals surface area contributed by atoms with Crippen LogP contribution in [0.4, 0.5) is 4.39 Å². The van der Waals surface area contributed by atoms with Crippen LogP contribution in [-0.2, 0) is 13.1 Å². The van der Waals surface area contributed by atoms with Gasteiger partial charge in [0, 0.05) is 25.5 Å². The topological polar surface area (TPSA) is 40.5 Å². The molecule has 0 saturated heterocycles. The van der Waals surface area contributed by atoms with Crippen molar-refractivity contribution < 1.29 is 4.39 Å². The van der Waals surface area contributed by atoms with E-state index < -0.39 is 0 Å². The molecule has 0 unspecified atom stereocenters. The highest BCUT2D eigenvalue weighted by molar-refractivity contribution is 7.11. The van der Waals surface area contributed by atoms with Crippen molar-refractivity contribution in [1.82, 2.24) is 15.2 Å². The molecule has 0 aliphatic rings. The normalized spacial score (nSPS) is 11.6. The van der Waals surface area contributed by atoms with Crippen molar-refractivity contribution >= 4 is 17.3 Å². The Bertz CT molecular complexity index is 629. The van der Waals surface area contributed by atoms with Crippen LogP contribution in [0, 0.1) is 19.7 Å². The van der Waals surface area contributed by atoms with Crippen LogP contribution in [0.5, 0.6) is 0 Å². The summed E-state index contributed by atoms with van der Waals surface area (Å²) in [4.78, 5) is 12.0. The second kappa shape index (κ2) is 7.35. The van der Waals surface area contributed by atoms with Crippen LogP contribution in [0.3, 0.4) is 0 Å². The first-order valence-corrected chi connectivity index (χ1v) is 7.90. The fourth-order valence-electron chi connectivity index (χ4n) is 2.09. The highest BCUT2D eigenvalue weighted by Gasteiger charge is 2.09. The molecule has 0 amide bonds. The van der Waals surface area contributed by atoms with E-state index in [1.807, 2.05) is 18.9 Å². The molecule has 2 rings (SSSR count). The smallest absolute Gasteiger partial charge is 0.194 e. The summed E-state index contributed by atoms with van der Waals surface area (Å²) in [5.74, 6) is 0.568. The van der Waals surface area contributed by atoms with Crippen LogP contribution in [0.25, 0.3) is 0 Å². The average molecular weight is 320 g/mol. The maximum absolute atomic E-state index is 12.9. The molecule has 6 heteroatoms. The number of thiazole rings is 1. The van der Waals surface area contributed by atoms with Crippen molar-refractivity contribution in [2.24, 2.45) is 4.99 Å². The minimum absolute atomic E-state index is 0.219. The van der Waals surface area contributed by atoms with Gasteiger partial charge in [0.2, 0.25) is 0 Å². The summed E-state index contributed by atoms with van der Waals surface area (Å²) in [6, 6.07) is 6.51. The number of guanidine groups is 1. The number of nitrogens with one attached hydrogen (secondary N) is 1. The first kappa shape index (κ1) is 16.4. The van der Waals surface area contributed by atoms with Crippen LogP contribution in [0.15, 0.2) is 29.3 Å². The van der Waals surface area contributed by atoms with Crippen molar-refractivity contribution in [3.05, 3.63) is 51.2 Å². The maximum Gasteiger partial charge on any atom is 0.194 e. The molecule has 0 fully saturated rings. The van der Waals surface area contributed by atoms with Crippen molar-refractivity contribution in [2.45, 2.75) is 26.9 Å². The van der Waals surface area contributed by atoms with Gasteiger partial charge in [0.05, 0.1) is 12.2 Å². The zero-order chi connectivity index (χ0) is 16.1. The summed E-state index contributed by atoms with van der Waals surface area (Å²) in [5.41, 5.74) is 2.12. The molecule has 0 aliphatic carbocycles. The van der Waals surface area contributed by atoms with Gasteiger partial charge >= 0.3 is 0 Å². The van der Waals surface area contributed by atoms with Crippen LogP contribution < -0.4 is 5.32 Å². The van der Waals surface area contributed by atoms with Crippen LogP contribution in [-0.4, -0.2) is 29.9 Å². The number of hydrogen-bond acceptors (Lipinski definition) is 3. The zero-order valence-electron chi connectivity index (χ0n) is 13.4. The predicted molar refractivity (Wildman–Crippen MR) is 89.7 cm³/mol. The summed E-state index contributed by atoms with van der Waals surface area (Å²) < 4.78 is 12.9. The fourth-order valence-corrected chi connectivity index (χ4v) is 2.97. The predicted octanol–water partition coefficient (Wildman–Crippen LogP) is 3.11. The number of rotatable bonds is 4. The number of aromatic nitrogens is 1. The van der Waals surface area contributed by atoms with Crippen molar-refractivity contribution in [2.75, 3.05) is 14.1 Å². The number of aliphatic imine (C=N–C) groups is 1. The van der Waals surface area contributed by atoms with E-state index in [9.17, 15) is 4.39 Å². The number of benzene rings is 1. The minimum atomic E-state index is -0.219. The molecule has 22 heavy (non-hydrogen) atoms. The SMILES string of the molecule is CN=C(NCc1nc(C)c(C)s1)N(C)Cc1ccc(F)cc1. The van der Waals surface area contributed by atoms with E-state index in [0.717, 1.165) is 22.2 Å². The molecular formula is C16H21FN4S. The minimum Gasteiger partial charge on any atom is -0.350 e. The molecular weight excluding hydrogens is 299 g/mol. The largest absolute Gasteiger partial charge is 0.350 e. The van der Waals surface area contributed by atoms with E-state index in [1.165, 1.54) is 17.0 Å². The second-order valence-corrected chi connectivity index (χ2v) is 6.42. The van der Waals surface area contributed by atoms with Crippen molar-refractivity contribution in [3.63, 3.8) is 0 Å². The molecule has 1 N–H and O–H groups in total. The van der Waals surface area contributed by atoms with E-state index in [4.69, 9.17) is 0 Å². The lowest BCUT2D eigenvalue weighted by molar-refractivity contribution is 0.476. The lowest BCUT2D eigenvalue weighted by Crippen LogP contribution is -2.38. The third-order valence-corrected chi connectivity index (χ3v) is 4.45. The van der Waals surface area contributed by atoms with Gasteiger partial charge in [-0.15, -0.1) is 11.3 Å². The number of nitrogens with zero attached hydrogens (tertiary/aromatic N) is 3. The highest BCUT2D eigenvalue weighted by atomic mass is 32.1. The van der Waals surface area contributed by atoms with Crippen LogP contribution >= 0.6 is 11.3 Å². The van der Waals surface area contributed by atoms with Gasteiger partial charge in [-0.1, -0.05) is 12.1 Å².